The van der Waals surface area contributed by atoms with Gasteiger partial charge in [0.25, 0.3) is 0 Å². The number of benzene rings is 2. The number of ketones is 1. The van der Waals surface area contributed by atoms with Gasteiger partial charge in [-0.15, -0.1) is 6.42 Å². The molecule has 0 saturated carbocycles. The number of hydrogen-bond donors (Lipinski definition) is 0. The zero-order valence-corrected chi connectivity index (χ0v) is 20.6. The third-order valence-corrected chi connectivity index (χ3v) is 6.72. The first-order valence-corrected chi connectivity index (χ1v) is 12.2. The van der Waals surface area contributed by atoms with Gasteiger partial charge in [-0.2, -0.15) is 18.3 Å². The normalized spacial score (nSPS) is 13.9. The summed E-state index contributed by atoms with van der Waals surface area (Å²) in [5.41, 5.74) is 1.90. The Labute approximate surface area is 214 Å². The van der Waals surface area contributed by atoms with Crippen molar-refractivity contribution >= 4 is 17.4 Å². The van der Waals surface area contributed by atoms with Gasteiger partial charge < -0.3 is 4.90 Å². The largest absolute Gasteiger partial charge is 0.435 e. The smallest absolute Gasteiger partial charge is 0.315 e. The summed E-state index contributed by atoms with van der Waals surface area (Å²) in [5.74, 6) is 1.24. The van der Waals surface area contributed by atoms with Gasteiger partial charge in [0.15, 0.2) is 11.5 Å². The number of nitrogens with zero attached hydrogens (tertiary/aromatic N) is 3. The first-order chi connectivity index (χ1) is 17.7. The number of amides is 1. The highest BCUT2D eigenvalue weighted by molar-refractivity contribution is 5.97. The molecule has 0 radical (unpaired) electrons. The van der Waals surface area contributed by atoms with E-state index in [0.717, 1.165) is 12.0 Å². The van der Waals surface area contributed by atoms with Crippen LogP contribution in [0.2, 0.25) is 0 Å². The molecule has 1 unspecified atom stereocenters. The number of fused-ring (bicyclic) bond motifs is 1. The summed E-state index contributed by atoms with van der Waals surface area (Å²) in [4.78, 5) is 28.2. The number of para-hydroxylation sites is 1. The van der Waals surface area contributed by atoms with Crippen LogP contribution in [0.4, 0.5) is 18.9 Å². The zero-order chi connectivity index (χ0) is 26.6. The molecule has 0 spiro atoms. The number of Topliss-reactive ketones (excluding diaryl/α,β-unsaturated/α-hetero) is 1. The van der Waals surface area contributed by atoms with Crippen molar-refractivity contribution in [1.29, 1.82) is 0 Å². The first-order valence-electron chi connectivity index (χ1n) is 12.2. The maximum atomic E-state index is 13.6. The minimum absolute atomic E-state index is 0.133. The number of terminal acetylenes is 1. The lowest BCUT2D eigenvalue weighted by Gasteiger charge is -2.24. The van der Waals surface area contributed by atoms with Gasteiger partial charge in [0.1, 0.15) is 0 Å². The lowest BCUT2D eigenvalue weighted by atomic mass is 9.91. The van der Waals surface area contributed by atoms with E-state index in [2.05, 4.69) is 11.0 Å². The van der Waals surface area contributed by atoms with Crippen molar-refractivity contribution in [2.75, 3.05) is 11.9 Å². The molecule has 37 heavy (non-hydrogen) atoms. The van der Waals surface area contributed by atoms with E-state index >= 15 is 0 Å². The number of carbonyl (C=O) groups excluding carboxylic acids is 2. The second-order valence-electron chi connectivity index (χ2n) is 9.36. The molecule has 1 atom stereocenters. The van der Waals surface area contributed by atoms with Gasteiger partial charge in [0.05, 0.1) is 6.54 Å². The molecule has 0 aliphatic heterocycles. The standard InChI is InChI=1S/C29H28F3N3O2/c1-3-20-10-9-11-21(16-20)17-22(28(37)34(2)23-12-5-4-6-13-23)18-24(36)19-35-26-15-8-7-14-25(26)27(33-35)29(30,31)32/h1,4-6,9-13,16,22H,7-8,14-15,17-19H2,2H3. The van der Waals surface area contributed by atoms with E-state index in [0.29, 0.717) is 36.2 Å². The van der Waals surface area contributed by atoms with Crippen LogP contribution in [0.3, 0.4) is 0 Å². The summed E-state index contributed by atoms with van der Waals surface area (Å²) in [6, 6.07) is 16.3. The minimum Gasteiger partial charge on any atom is -0.315 e. The van der Waals surface area contributed by atoms with Crippen molar-refractivity contribution in [2.45, 2.75) is 51.2 Å². The van der Waals surface area contributed by atoms with Gasteiger partial charge in [0, 0.05) is 41.9 Å². The monoisotopic (exact) mass is 507 g/mol. The van der Waals surface area contributed by atoms with E-state index in [1.165, 1.54) is 9.58 Å². The molecule has 1 aromatic heterocycles. The van der Waals surface area contributed by atoms with Crippen LogP contribution in [0, 0.1) is 18.3 Å². The Hall–Kier alpha value is -3.86. The Morgan fingerprint density at radius 1 is 1.11 bits per heavy atom. The molecule has 2 aromatic carbocycles. The minimum atomic E-state index is -4.57. The number of halogens is 3. The molecule has 0 bridgehead atoms. The molecule has 4 rings (SSSR count). The molecule has 8 heteroatoms. The fraction of sp³-hybridized carbons (Fsp3) is 0.345. The summed E-state index contributed by atoms with van der Waals surface area (Å²) >= 11 is 0. The van der Waals surface area contributed by atoms with Gasteiger partial charge in [-0.25, -0.2) is 0 Å². The van der Waals surface area contributed by atoms with Gasteiger partial charge in [-0.1, -0.05) is 36.3 Å². The SMILES string of the molecule is C#Cc1cccc(CC(CC(=O)Cn2nc(C(F)(F)F)c3c2CCCC3)C(=O)N(C)c2ccccc2)c1. The summed E-state index contributed by atoms with van der Waals surface area (Å²) in [5, 5.41) is 3.80. The fourth-order valence-electron chi connectivity index (χ4n) is 4.91. The van der Waals surface area contributed by atoms with Crippen LogP contribution < -0.4 is 4.90 Å². The molecule has 1 heterocycles. The molecule has 1 aliphatic rings. The summed E-state index contributed by atoms with van der Waals surface area (Å²) in [6.45, 7) is -0.304. The van der Waals surface area contributed by atoms with E-state index in [9.17, 15) is 22.8 Å². The van der Waals surface area contributed by atoms with Crippen molar-refractivity contribution < 1.29 is 22.8 Å². The van der Waals surface area contributed by atoms with E-state index < -0.39 is 17.8 Å². The summed E-state index contributed by atoms with van der Waals surface area (Å²) in [6.07, 6.45) is 3.23. The summed E-state index contributed by atoms with van der Waals surface area (Å²) < 4.78 is 41.9. The molecule has 0 N–H and O–H groups in total. The number of alkyl halides is 3. The topological polar surface area (TPSA) is 55.2 Å². The second-order valence-corrected chi connectivity index (χ2v) is 9.36. The number of hydrogen-bond acceptors (Lipinski definition) is 3. The highest BCUT2D eigenvalue weighted by Gasteiger charge is 2.39. The van der Waals surface area contributed by atoms with Gasteiger partial charge in [-0.05, 0) is 61.9 Å². The quantitative estimate of drug-likeness (QED) is 0.392. The van der Waals surface area contributed by atoms with E-state index in [1.807, 2.05) is 24.3 Å². The van der Waals surface area contributed by atoms with Crippen LogP contribution in [0.1, 0.15) is 47.3 Å². The fourth-order valence-corrected chi connectivity index (χ4v) is 4.91. The van der Waals surface area contributed by atoms with Crippen LogP contribution in [-0.2, 0) is 41.6 Å². The molecule has 5 nitrogen and oxygen atoms in total. The average Bonchev–Trinajstić information content (AvgIpc) is 3.27. The van der Waals surface area contributed by atoms with Crippen LogP contribution in [0.25, 0.3) is 0 Å². The van der Waals surface area contributed by atoms with Crippen molar-refractivity contribution in [3.63, 3.8) is 0 Å². The third-order valence-electron chi connectivity index (χ3n) is 6.72. The predicted octanol–water partition coefficient (Wildman–Crippen LogP) is 5.24. The molecule has 192 valence electrons. The van der Waals surface area contributed by atoms with Crippen LogP contribution in [0.5, 0.6) is 0 Å². The highest BCUT2D eigenvalue weighted by Crippen LogP contribution is 2.36. The van der Waals surface area contributed by atoms with Crippen LogP contribution >= 0.6 is 0 Å². The maximum Gasteiger partial charge on any atom is 0.435 e. The predicted molar refractivity (Wildman–Crippen MR) is 135 cm³/mol. The van der Waals surface area contributed by atoms with E-state index in [4.69, 9.17) is 6.42 Å². The summed E-state index contributed by atoms with van der Waals surface area (Å²) in [7, 11) is 1.65. The Kier molecular flexibility index (Phi) is 7.82. The molecular weight excluding hydrogens is 479 g/mol. The first kappa shape index (κ1) is 26.2. The van der Waals surface area contributed by atoms with E-state index in [-0.39, 0.29) is 36.6 Å². The van der Waals surface area contributed by atoms with Crippen molar-refractivity contribution in [1.82, 2.24) is 9.78 Å². The molecular formula is C29H28F3N3O2. The number of aromatic nitrogens is 2. The lowest BCUT2D eigenvalue weighted by Crippen LogP contribution is -2.35. The molecule has 1 aliphatic carbocycles. The molecule has 0 fully saturated rings. The van der Waals surface area contributed by atoms with Gasteiger partial charge >= 0.3 is 6.18 Å². The number of carbonyl (C=O) groups is 2. The van der Waals surface area contributed by atoms with Gasteiger partial charge in [0.2, 0.25) is 5.91 Å². The Morgan fingerprint density at radius 2 is 1.84 bits per heavy atom. The molecule has 3 aromatic rings. The van der Waals surface area contributed by atoms with Crippen LogP contribution in [-0.4, -0.2) is 28.5 Å². The highest BCUT2D eigenvalue weighted by atomic mass is 19.4. The van der Waals surface area contributed by atoms with Crippen molar-refractivity contribution in [2.24, 2.45) is 5.92 Å². The van der Waals surface area contributed by atoms with Crippen molar-refractivity contribution in [3.8, 4) is 12.3 Å². The lowest BCUT2D eigenvalue weighted by molar-refractivity contribution is -0.142. The van der Waals surface area contributed by atoms with E-state index in [1.54, 1.807) is 37.4 Å². The average molecular weight is 508 g/mol. The molecule has 0 saturated heterocycles. The Balaban J connectivity index is 1.58. The Morgan fingerprint density at radius 3 is 2.54 bits per heavy atom. The second kappa shape index (κ2) is 11.0. The van der Waals surface area contributed by atoms with Gasteiger partial charge in [-0.3, -0.25) is 14.3 Å². The number of rotatable bonds is 8. The zero-order valence-electron chi connectivity index (χ0n) is 20.6. The van der Waals surface area contributed by atoms with Crippen LogP contribution in [0.15, 0.2) is 54.6 Å². The van der Waals surface area contributed by atoms with Crippen molar-refractivity contribution in [3.05, 3.63) is 82.7 Å². The Bertz CT molecular complexity index is 1320. The number of anilines is 1. The third kappa shape index (κ3) is 6.11. The maximum absolute atomic E-state index is 13.6. The molecule has 1 amide bonds.